The largest absolute Gasteiger partial charge is 0.465 e. The van der Waals surface area contributed by atoms with Crippen molar-refractivity contribution in [3.63, 3.8) is 0 Å². The van der Waals surface area contributed by atoms with Gasteiger partial charge < -0.3 is 9.73 Å². The van der Waals surface area contributed by atoms with Gasteiger partial charge in [-0.05, 0) is 49.2 Å². The maximum atomic E-state index is 13.3. The van der Waals surface area contributed by atoms with E-state index in [1.165, 1.54) is 35.1 Å². The number of nitrogens with one attached hydrogen (secondary N) is 1. The Morgan fingerprint density at radius 3 is 2.68 bits per heavy atom. The highest BCUT2D eigenvalue weighted by molar-refractivity contribution is 7.07. The molecule has 1 fully saturated rings. The molecule has 2 heterocycles. The molecule has 4 rings (SSSR count). The van der Waals surface area contributed by atoms with Crippen LogP contribution in [0.25, 0.3) is 17.3 Å². The summed E-state index contributed by atoms with van der Waals surface area (Å²) in [5, 5.41) is 12.4. The first-order valence-corrected chi connectivity index (χ1v) is 9.37. The first-order chi connectivity index (χ1) is 13.6. The summed E-state index contributed by atoms with van der Waals surface area (Å²) in [6.45, 7) is 0. The number of nitrogens with zero attached hydrogens (tertiary/aromatic N) is 2. The summed E-state index contributed by atoms with van der Waals surface area (Å²) in [6.07, 6.45) is 4.77. The lowest BCUT2D eigenvalue weighted by molar-refractivity contribution is -0.115. The van der Waals surface area contributed by atoms with Gasteiger partial charge in [0.15, 0.2) is 5.57 Å². The fourth-order valence-corrected chi connectivity index (χ4v) is 3.74. The molecule has 1 amide bonds. The van der Waals surface area contributed by atoms with Gasteiger partial charge in [-0.3, -0.25) is 14.2 Å². The lowest BCUT2D eigenvalue weighted by atomic mass is 10.2. The summed E-state index contributed by atoms with van der Waals surface area (Å²) < 4.78 is 20.3. The Labute approximate surface area is 162 Å². The topological polar surface area (TPSA) is 88.0 Å². The molecule has 1 aliphatic carbocycles. The van der Waals surface area contributed by atoms with Crippen LogP contribution in [0.5, 0.6) is 0 Å². The van der Waals surface area contributed by atoms with E-state index >= 15 is 0 Å². The van der Waals surface area contributed by atoms with Crippen molar-refractivity contribution in [3.8, 4) is 11.8 Å². The summed E-state index contributed by atoms with van der Waals surface area (Å²) in [7, 11) is 0. The molecule has 0 aliphatic heterocycles. The van der Waals surface area contributed by atoms with Crippen molar-refractivity contribution in [1.82, 2.24) is 9.88 Å². The minimum Gasteiger partial charge on any atom is -0.465 e. The molecule has 6 nitrogen and oxygen atoms in total. The van der Waals surface area contributed by atoms with Crippen LogP contribution >= 0.6 is 11.3 Å². The molecule has 0 unspecified atom stereocenters. The number of benzene rings is 1. The van der Waals surface area contributed by atoms with Crippen LogP contribution in [0.2, 0.25) is 0 Å². The number of amides is 1. The normalized spacial score (nSPS) is 15.2. The van der Waals surface area contributed by atoms with Crippen molar-refractivity contribution in [3.05, 3.63) is 73.8 Å². The first-order valence-electron chi connectivity index (χ1n) is 8.55. The molecule has 3 aromatic rings. The van der Waals surface area contributed by atoms with E-state index in [1.807, 2.05) is 6.07 Å². The van der Waals surface area contributed by atoms with Crippen LogP contribution in [0, 0.1) is 17.1 Å². The molecule has 1 aromatic carbocycles. The predicted molar refractivity (Wildman–Crippen MR) is 102 cm³/mol. The standard InChI is InChI=1S/C20H14FN3O3S/c21-12-3-7-14(8-4-12)24-19(26)17(10-15-2-1-9-27-15)28-20(24)16(11-22)18(25)23-13-5-6-13/h1-4,7-10,13H,5-6H2,(H,23,25). The fourth-order valence-electron chi connectivity index (χ4n) is 2.66. The monoisotopic (exact) mass is 395 g/mol. The maximum absolute atomic E-state index is 13.3. The third-order valence-electron chi connectivity index (χ3n) is 4.19. The van der Waals surface area contributed by atoms with E-state index in [1.54, 1.807) is 18.2 Å². The zero-order valence-corrected chi connectivity index (χ0v) is 15.3. The van der Waals surface area contributed by atoms with Crippen molar-refractivity contribution in [2.24, 2.45) is 0 Å². The highest BCUT2D eigenvalue weighted by atomic mass is 32.1. The summed E-state index contributed by atoms with van der Waals surface area (Å²) >= 11 is 1.01. The summed E-state index contributed by atoms with van der Waals surface area (Å²) in [4.78, 5) is 25.6. The minimum atomic E-state index is -0.522. The number of carbonyl (C=O) groups excluding carboxylic acids is 1. The van der Waals surface area contributed by atoms with Gasteiger partial charge >= 0.3 is 0 Å². The first kappa shape index (κ1) is 17.9. The Morgan fingerprint density at radius 2 is 2.07 bits per heavy atom. The molecular weight excluding hydrogens is 381 g/mol. The predicted octanol–water partition coefficient (Wildman–Crippen LogP) is 1.41. The summed E-state index contributed by atoms with van der Waals surface area (Å²) in [5.74, 6) is -0.504. The van der Waals surface area contributed by atoms with Crippen LogP contribution in [-0.4, -0.2) is 16.5 Å². The van der Waals surface area contributed by atoms with Gasteiger partial charge in [0, 0.05) is 12.1 Å². The van der Waals surface area contributed by atoms with Crippen molar-refractivity contribution in [2.75, 3.05) is 0 Å². The molecule has 1 N–H and O–H groups in total. The third kappa shape index (κ3) is 3.52. The van der Waals surface area contributed by atoms with Gasteiger partial charge in [0.1, 0.15) is 22.3 Å². The number of thiazole rings is 1. The zero-order valence-electron chi connectivity index (χ0n) is 14.5. The summed E-state index contributed by atoms with van der Waals surface area (Å²) in [6, 6.07) is 10.7. The number of hydrogen-bond acceptors (Lipinski definition) is 5. The quantitative estimate of drug-likeness (QED) is 0.724. The minimum absolute atomic E-state index is 0.0657. The molecule has 28 heavy (non-hydrogen) atoms. The summed E-state index contributed by atoms with van der Waals surface area (Å²) in [5.41, 5.74) is -0.212. The van der Waals surface area contributed by atoms with Crippen LogP contribution in [0.3, 0.4) is 0 Å². The Balaban J connectivity index is 1.99. The van der Waals surface area contributed by atoms with E-state index in [-0.39, 0.29) is 16.3 Å². The van der Waals surface area contributed by atoms with Crippen LogP contribution in [-0.2, 0) is 4.79 Å². The Bertz CT molecular complexity index is 1240. The number of aromatic nitrogens is 1. The second-order valence-electron chi connectivity index (χ2n) is 6.28. The van der Waals surface area contributed by atoms with E-state index in [0.29, 0.717) is 16.0 Å². The van der Waals surface area contributed by atoms with Crippen molar-refractivity contribution in [2.45, 2.75) is 18.9 Å². The van der Waals surface area contributed by atoms with Crippen molar-refractivity contribution in [1.29, 1.82) is 5.26 Å². The molecule has 0 radical (unpaired) electrons. The van der Waals surface area contributed by atoms with Gasteiger partial charge in [0.25, 0.3) is 11.5 Å². The Kier molecular flexibility index (Phi) is 4.67. The molecule has 0 atom stereocenters. The van der Waals surface area contributed by atoms with Crippen LogP contribution in [0.4, 0.5) is 4.39 Å². The van der Waals surface area contributed by atoms with E-state index in [0.717, 1.165) is 24.2 Å². The zero-order chi connectivity index (χ0) is 19.7. The van der Waals surface area contributed by atoms with Gasteiger partial charge in [-0.25, -0.2) is 4.39 Å². The molecule has 8 heteroatoms. The second-order valence-corrected chi connectivity index (χ2v) is 7.31. The van der Waals surface area contributed by atoms with Gasteiger partial charge in [0.05, 0.1) is 16.5 Å². The number of carbonyl (C=O) groups is 1. The number of rotatable bonds is 4. The smallest absolute Gasteiger partial charge is 0.273 e. The van der Waals surface area contributed by atoms with Crippen LogP contribution in [0.1, 0.15) is 18.6 Å². The molecule has 1 aliphatic rings. The number of furan rings is 1. The average molecular weight is 395 g/mol. The molecular formula is C20H14FN3O3S. The fraction of sp³-hybridized carbons (Fsp3) is 0.150. The molecule has 140 valence electrons. The second kappa shape index (κ2) is 7.29. The van der Waals surface area contributed by atoms with E-state index in [9.17, 15) is 19.2 Å². The van der Waals surface area contributed by atoms with Gasteiger partial charge in [0.2, 0.25) is 0 Å². The van der Waals surface area contributed by atoms with Gasteiger partial charge in [-0.2, -0.15) is 5.26 Å². The average Bonchev–Trinajstić information content (AvgIpc) is 3.23. The van der Waals surface area contributed by atoms with Crippen LogP contribution < -0.4 is 20.1 Å². The van der Waals surface area contributed by atoms with Gasteiger partial charge in [-0.1, -0.05) is 0 Å². The van der Waals surface area contributed by atoms with Gasteiger partial charge in [-0.15, -0.1) is 11.3 Å². The lowest BCUT2D eigenvalue weighted by Crippen LogP contribution is -2.34. The Morgan fingerprint density at radius 1 is 1.32 bits per heavy atom. The highest BCUT2D eigenvalue weighted by Crippen LogP contribution is 2.19. The molecule has 0 saturated heterocycles. The lowest BCUT2D eigenvalue weighted by Gasteiger charge is -2.04. The van der Waals surface area contributed by atoms with Crippen molar-refractivity contribution < 1.29 is 13.6 Å². The molecule has 2 aromatic heterocycles. The highest BCUT2D eigenvalue weighted by Gasteiger charge is 2.26. The molecule has 1 saturated carbocycles. The maximum Gasteiger partial charge on any atom is 0.273 e. The van der Waals surface area contributed by atoms with Crippen molar-refractivity contribution >= 4 is 28.9 Å². The van der Waals surface area contributed by atoms with E-state index in [4.69, 9.17) is 4.42 Å². The number of hydrogen-bond donors (Lipinski definition) is 1. The van der Waals surface area contributed by atoms with E-state index < -0.39 is 17.3 Å². The van der Waals surface area contributed by atoms with E-state index in [2.05, 4.69) is 5.32 Å². The third-order valence-corrected chi connectivity index (χ3v) is 5.28. The molecule has 0 spiro atoms. The molecule has 0 bridgehead atoms. The SMILES string of the molecule is N#CC(C(=O)NC1CC1)=c1sc(=Cc2ccco2)c(=O)n1-c1ccc(F)cc1. The number of halogens is 1. The Hall–Kier alpha value is -3.44. The number of nitriles is 1. The van der Waals surface area contributed by atoms with Crippen LogP contribution in [0.15, 0.2) is 51.9 Å².